The zero-order chi connectivity index (χ0) is 20.3. The van der Waals surface area contributed by atoms with Crippen molar-refractivity contribution in [2.75, 3.05) is 5.32 Å². The summed E-state index contributed by atoms with van der Waals surface area (Å²) in [7, 11) is 0. The number of halogens is 3. The monoisotopic (exact) mass is 435 g/mol. The Balaban J connectivity index is 1.72. The number of hydrogen-bond acceptors (Lipinski definition) is 3. The highest BCUT2D eigenvalue weighted by Crippen LogP contribution is 2.29. The lowest BCUT2D eigenvalue weighted by Crippen LogP contribution is -2.09. The highest BCUT2D eigenvalue weighted by molar-refractivity contribution is 6.35. The van der Waals surface area contributed by atoms with Crippen LogP contribution in [0.5, 0.6) is 0 Å². The number of carbonyl (C=O) groups is 2. The molecule has 2 aromatic carbocycles. The number of hydrogen-bond donors (Lipinski definition) is 2. The van der Waals surface area contributed by atoms with Gasteiger partial charge in [-0.2, -0.15) is 0 Å². The fourth-order valence-corrected chi connectivity index (χ4v) is 3.07. The zero-order valence-corrected chi connectivity index (χ0v) is 16.3. The third kappa shape index (κ3) is 4.95. The van der Waals surface area contributed by atoms with Crippen LogP contribution in [-0.4, -0.2) is 17.0 Å². The van der Waals surface area contributed by atoms with Gasteiger partial charge in [0.05, 0.1) is 16.3 Å². The number of anilines is 1. The summed E-state index contributed by atoms with van der Waals surface area (Å²) < 4.78 is 5.67. The van der Waals surface area contributed by atoms with Gasteiger partial charge < -0.3 is 14.8 Å². The summed E-state index contributed by atoms with van der Waals surface area (Å²) in [5, 5.41) is 12.7. The number of rotatable bonds is 5. The Morgan fingerprint density at radius 1 is 0.964 bits per heavy atom. The average Bonchev–Trinajstić information content (AvgIpc) is 3.10. The van der Waals surface area contributed by atoms with E-state index >= 15 is 0 Å². The second kappa shape index (κ2) is 8.52. The minimum atomic E-state index is -1.12. The Morgan fingerprint density at radius 3 is 2.36 bits per heavy atom. The third-order valence-corrected chi connectivity index (χ3v) is 4.41. The standard InChI is InChI=1S/C20H12Cl3NO4/c21-13-7-12(8-14(22)10-13)18-5-2-15(28-18)3-6-19(25)24-17-9-11(20(26)27)1-4-16(17)23/h1-10H,(H,24,25)(H,26,27)/b6-3+. The lowest BCUT2D eigenvalue weighted by atomic mass is 10.2. The van der Waals surface area contributed by atoms with Crippen LogP contribution in [0, 0.1) is 0 Å². The van der Waals surface area contributed by atoms with Crippen molar-refractivity contribution >= 4 is 58.4 Å². The van der Waals surface area contributed by atoms with Crippen molar-refractivity contribution in [1.82, 2.24) is 0 Å². The van der Waals surface area contributed by atoms with E-state index in [4.69, 9.17) is 44.3 Å². The number of nitrogens with one attached hydrogen (secondary N) is 1. The molecular weight excluding hydrogens is 425 g/mol. The highest BCUT2D eigenvalue weighted by Gasteiger charge is 2.10. The Hall–Kier alpha value is -2.73. The van der Waals surface area contributed by atoms with E-state index in [9.17, 15) is 9.59 Å². The van der Waals surface area contributed by atoms with Gasteiger partial charge in [-0.05, 0) is 54.6 Å². The minimum Gasteiger partial charge on any atom is -0.478 e. The van der Waals surface area contributed by atoms with E-state index in [-0.39, 0.29) is 16.3 Å². The molecule has 3 aromatic rings. The Morgan fingerprint density at radius 2 is 1.68 bits per heavy atom. The lowest BCUT2D eigenvalue weighted by molar-refractivity contribution is -0.111. The number of amides is 1. The normalized spacial score (nSPS) is 11.0. The molecule has 0 aliphatic carbocycles. The number of aromatic carboxylic acids is 1. The van der Waals surface area contributed by atoms with E-state index in [0.717, 1.165) is 0 Å². The van der Waals surface area contributed by atoms with Gasteiger partial charge in [-0.15, -0.1) is 0 Å². The molecule has 0 saturated heterocycles. The third-order valence-electron chi connectivity index (χ3n) is 3.64. The fraction of sp³-hybridized carbons (Fsp3) is 0. The fourth-order valence-electron chi connectivity index (χ4n) is 2.38. The van der Waals surface area contributed by atoms with Crippen LogP contribution in [0.3, 0.4) is 0 Å². The van der Waals surface area contributed by atoms with E-state index in [0.29, 0.717) is 27.1 Å². The molecule has 0 saturated carbocycles. The van der Waals surface area contributed by atoms with Crippen molar-refractivity contribution in [2.24, 2.45) is 0 Å². The second-order valence-electron chi connectivity index (χ2n) is 5.68. The van der Waals surface area contributed by atoms with Crippen LogP contribution in [0.1, 0.15) is 16.1 Å². The zero-order valence-electron chi connectivity index (χ0n) is 14.1. The number of furan rings is 1. The van der Waals surface area contributed by atoms with Crippen LogP contribution >= 0.6 is 34.8 Å². The molecular formula is C20H12Cl3NO4. The van der Waals surface area contributed by atoms with Crippen molar-refractivity contribution in [3.63, 3.8) is 0 Å². The summed E-state index contributed by atoms with van der Waals surface area (Å²) in [4.78, 5) is 23.1. The molecule has 0 unspecified atom stereocenters. The summed E-state index contributed by atoms with van der Waals surface area (Å²) >= 11 is 18.0. The summed E-state index contributed by atoms with van der Waals surface area (Å²) in [6.07, 6.45) is 2.72. The molecule has 5 nitrogen and oxygen atoms in total. The van der Waals surface area contributed by atoms with Crippen molar-refractivity contribution in [2.45, 2.75) is 0 Å². The molecule has 0 bridgehead atoms. The van der Waals surface area contributed by atoms with Gasteiger partial charge in [-0.25, -0.2) is 4.79 Å². The molecule has 0 fully saturated rings. The Kier molecular flexibility index (Phi) is 6.09. The van der Waals surface area contributed by atoms with Gasteiger partial charge in [0.1, 0.15) is 11.5 Å². The van der Waals surface area contributed by atoms with Crippen molar-refractivity contribution in [1.29, 1.82) is 0 Å². The van der Waals surface area contributed by atoms with E-state index in [1.54, 1.807) is 30.3 Å². The molecule has 0 aliphatic rings. The summed E-state index contributed by atoms with van der Waals surface area (Å²) in [5.74, 6) is -0.631. The molecule has 2 N–H and O–H groups in total. The molecule has 0 atom stereocenters. The molecule has 1 aromatic heterocycles. The first kappa shape index (κ1) is 20.0. The van der Waals surface area contributed by atoms with Crippen LogP contribution in [-0.2, 0) is 4.79 Å². The lowest BCUT2D eigenvalue weighted by Gasteiger charge is -2.06. The minimum absolute atomic E-state index is 0.0135. The summed E-state index contributed by atoms with van der Waals surface area (Å²) in [6.45, 7) is 0. The van der Waals surface area contributed by atoms with Gasteiger partial charge in [-0.1, -0.05) is 34.8 Å². The molecule has 1 heterocycles. The molecule has 0 radical (unpaired) electrons. The van der Waals surface area contributed by atoms with Crippen molar-refractivity contribution in [3.8, 4) is 11.3 Å². The Bertz CT molecular complexity index is 1070. The highest BCUT2D eigenvalue weighted by atomic mass is 35.5. The predicted octanol–water partition coefficient (Wildman–Crippen LogP) is 6.26. The Labute approximate surface area is 175 Å². The maximum absolute atomic E-state index is 12.1. The predicted molar refractivity (Wildman–Crippen MR) is 110 cm³/mol. The van der Waals surface area contributed by atoms with E-state index in [2.05, 4.69) is 5.32 Å². The molecule has 1 amide bonds. The van der Waals surface area contributed by atoms with Crippen LogP contribution < -0.4 is 5.32 Å². The van der Waals surface area contributed by atoms with Crippen LogP contribution in [0.4, 0.5) is 5.69 Å². The van der Waals surface area contributed by atoms with Gasteiger partial charge in [0.25, 0.3) is 0 Å². The first-order valence-electron chi connectivity index (χ1n) is 7.90. The number of carboxylic acids is 1. The van der Waals surface area contributed by atoms with E-state index < -0.39 is 11.9 Å². The maximum atomic E-state index is 12.1. The SMILES string of the molecule is O=C(/C=C/c1ccc(-c2cc(Cl)cc(Cl)c2)o1)Nc1cc(C(=O)O)ccc1Cl. The number of carbonyl (C=O) groups excluding carboxylic acids is 1. The van der Waals surface area contributed by atoms with Crippen molar-refractivity contribution < 1.29 is 19.1 Å². The van der Waals surface area contributed by atoms with Crippen LogP contribution in [0.15, 0.2) is 59.0 Å². The number of benzene rings is 2. The maximum Gasteiger partial charge on any atom is 0.335 e. The van der Waals surface area contributed by atoms with Crippen LogP contribution in [0.2, 0.25) is 15.1 Å². The molecule has 3 rings (SSSR count). The first-order chi connectivity index (χ1) is 13.3. The van der Waals surface area contributed by atoms with Gasteiger partial charge >= 0.3 is 5.97 Å². The molecule has 0 spiro atoms. The first-order valence-corrected chi connectivity index (χ1v) is 9.03. The molecule has 0 aliphatic heterocycles. The quantitative estimate of drug-likeness (QED) is 0.463. The largest absolute Gasteiger partial charge is 0.478 e. The van der Waals surface area contributed by atoms with Gasteiger partial charge in [0.2, 0.25) is 5.91 Å². The van der Waals surface area contributed by atoms with Gasteiger partial charge in [0, 0.05) is 21.7 Å². The topological polar surface area (TPSA) is 79.5 Å². The molecule has 28 heavy (non-hydrogen) atoms. The average molecular weight is 437 g/mol. The van der Waals surface area contributed by atoms with Gasteiger partial charge in [0.15, 0.2) is 0 Å². The smallest absolute Gasteiger partial charge is 0.335 e. The van der Waals surface area contributed by atoms with E-state index in [1.165, 1.54) is 30.4 Å². The molecule has 8 heteroatoms. The summed E-state index contributed by atoms with van der Waals surface area (Å²) in [6, 6.07) is 12.5. The van der Waals surface area contributed by atoms with Gasteiger partial charge in [-0.3, -0.25) is 4.79 Å². The second-order valence-corrected chi connectivity index (χ2v) is 6.96. The molecule has 142 valence electrons. The van der Waals surface area contributed by atoms with Crippen molar-refractivity contribution in [3.05, 3.63) is 81.0 Å². The number of carboxylic acid groups (broad SMARTS) is 1. The van der Waals surface area contributed by atoms with Crippen LogP contribution in [0.25, 0.3) is 17.4 Å². The van der Waals surface area contributed by atoms with E-state index in [1.807, 2.05) is 0 Å². The summed E-state index contributed by atoms with van der Waals surface area (Å²) in [5.41, 5.74) is 0.920.